The van der Waals surface area contributed by atoms with E-state index in [9.17, 15) is 0 Å². The zero-order chi connectivity index (χ0) is 10.1. The van der Waals surface area contributed by atoms with Gasteiger partial charge in [-0.2, -0.15) is 0 Å². The lowest BCUT2D eigenvalue weighted by Gasteiger charge is -2.18. The molecule has 0 fully saturated rings. The van der Waals surface area contributed by atoms with E-state index in [1.807, 2.05) is 0 Å². The molecular formula is C10H23NO2. The first-order chi connectivity index (χ1) is 6.20. The van der Waals surface area contributed by atoms with Gasteiger partial charge in [-0.1, -0.05) is 13.3 Å². The van der Waals surface area contributed by atoms with Gasteiger partial charge in [0.15, 0.2) is 0 Å². The molecule has 0 radical (unpaired) electrons. The van der Waals surface area contributed by atoms with Crippen LogP contribution in [-0.2, 0) is 0 Å². The van der Waals surface area contributed by atoms with Crippen molar-refractivity contribution in [2.24, 2.45) is 0 Å². The highest BCUT2D eigenvalue weighted by molar-refractivity contribution is 4.67. The normalized spacial score (nSPS) is 15.7. The molecule has 80 valence electrons. The number of aliphatic hydroxyl groups excluding tert-OH is 2. The molecule has 0 saturated carbocycles. The smallest absolute Gasteiger partial charge is 0.0636 e. The summed E-state index contributed by atoms with van der Waals surface area (Å²) in [5.74, 6) is 0. The fourth-order valence-electron chi connectivity index (χ4n) is 1.37. The second-order valence-electron chi connectivity index (χ2n) is 3.61. The lowest BCUT2D eigenvalue weighted by Crippen LogP contribution is -2.34. The van der Waals surface area contributed by atoms with Crippen LogP contribution in [0.4, 0.5) is 0 Å². The van der Waals surface area contributed by atoms with Crippen LogP contribution in [0.25, 0.3) is 0 Å². The zero-order valence-electron chi connectivity index (χ0n) is 8.79. The second kappa shape index (κ2) is 8.48. The van der Waals surface area contributed by atoms with Gasteiger partial charge in [0.1, 0.15) is 0 Å². The van der Waals surface area contributed by atoms with Gasteiger partial charge < -0.3 is 15.5 Å². The Kier molecular flexibility index (Phi) is 8.40. The van der Waals surface area contributed by atoms with Crippen LogP contribution in [0.3, 0.4) is 0 Å². The first-order valence-electron chi connectivity index (χ1n) is 5.23. The maximum Gasteiger partial charge on any atom is 0.0636 e. The van der Waals surface area contributed by atoms with Crippen molar-refractivity contribution in [1.82, 2.24) is 5.32 Å². The molecule has 0 aliphatic carbocycles. The van der Waals surface area contributed by atoms with Gasteiger partial charge >= 0.3 is 0 Å². The summed E-state index contributed by atoms with van der Waals surface area (Å²) in [4.78, 5) is 0. The Hall–Kier alpha value is -0.120. The summed E-state index contributed by atoms with van der Waals surface area (Å²) < 4.78 is 0. The molecule has 0 spiro atoms. The van der Waals surface area contributed by atoms with Crippen LogP contribution in [0, 0.1) is 0 Å². The van der Waals surface area contributed by atoms with Gasteiger partial charge in [-0.05, 0) is 26.2 Å². The summed E-state index contributed by atoms with van der Waals surface area (Å²) in [6.45, 7) is 4.84. The van der Waals surface area contributed by atoms with Gasteiger partial charge in [-0.25, -0.2) is 0 Å². The fraction of sp³-hybridized carbons (Fsp3) is 1.00. The lowest BCUT2D eigenvalue weighted by atomic mass is 10.1. The van der Waals surface area contributed by atoms with Crippen LogP contribution in [0.15, 0.2) is 0 Å². The van der Waals surface area contributed by atoms with Crippen molar-refractivity contribution >= 4 is 0 Å². The van der Waals surface area contributed by atoms with Crippen molar-refractivity contribution in [3.63, 3.8) is 0 Å². The first-order valence-corrected chi connectivity index (χ1v) is 5.23. The Bertz CT molecular complexity index is 107. The molecule has 0 aromatic carbocycles. The molecule has 0 aliphatic rings. The maximum atomic E-state index is 9.08. The summed E-state index contributed by atoms with van der Waals surface area (Å²) in [6, 6.07) is 0.451. The van der Waals surface area contributed by atoms with Crippen molar-refractivity contribution in [1.29, 1.82) is 0 Å². The summed E-state index contributed by atoms with van der Waals surface area (Å²) >= 11 is 0. The molecule has 3 N–H and O–H groups in total. The number of rotatable bonds is 8. The van der Waals surface area contributed by atoms with Crippen molar-refractivity contribution in [3.05, 3.63) is 0 Å². The monoisotopic (exact) mass is 189 g/mol. The van der Waals surface area contributed by atoms with Crippen LogP contribution < -0.4 is 5.32 Å². The van der Waals surface area contributed by atoms with Crippen LogP contribution in [0.5, 0.6) is 0 Å². The third kappa shape index (κ3) is 8.22. The highest BCUT2D eigenvalue weighted by atomic mass is 16.3. The third-order valence-corrected chi connectivity index (χ3v) is 2.05. The molecule has 0 saturated heterocycles. The summed E-state index contributed by atoms with van der Waals surface area (Å²) in [6.07, 6.45) is 3.82. The van der Waals surface area contributed by atoms with Gasteiger partial charge in [0.05, 0.1) is 6.10 Å². The van der Waals surface area contributed by atoms with Gasteiger partial charge in [-0.3, -0.25) is 0 Å². The summed E-state index contributed by atoms with van der Waals surface area (Å²) in [7, 11) is 0. The van der Waals surface area contributed by atoms with E-state index in [4.69, 9.17) is 10.2 Å². The first kappa shape index (κ1) is 12.9. The minimum absolute atomic E-state index is 0.260. The van der Waals surface area contributed by atoms with Gasteiger partial charge in [0.2, 0.25) is 0 Å². The molecule has 0 bridgehead atoms. The topological polar surface area (TPSA) is 52.5 Å². The number of aliphatic hydroxyl groups is 2. The van der Waals surface area contributed by atoms with Crippen LogP contribution in [-0.4, -0.2) is 35.5 Å². The van der Waals surface area contributed by atoms with E-state index in [0.717, 1.165) is 25.7 Å². The molecule has 0 rings (SSSR count). The van der Waals surface area contributed by atoms with E-state index < -0.39 is 0 Å². The molecule has 0 heterocycles. The fourth-order valence-corrected chi connectivity index (χ4v) is 1.37. The largest absolute Gasteiger partial charge is 0.396 e. The summed E-state index contributed by atoms with van der Waals surface area (Å²) in [5, 5.41) is 21.1. The molecule has 3 heteroatoms. The maximum absolute atomic E-state index is 9.08. The molecule has 0 amide bonds. The van der Waals surface area contributed by atoms with E-state index in [1.54, 1.807) is 6.92 Å². The quantitative estimate of drug-likeness (QED) is 0.532. The van der Waals surface area contributed by atoms with Crippen molar-refractivity contribution in [2.45, 2.75) is 51.7 Å². The molecule has 0 aromatic rings. The molecule has 13 heavy (non-hydrogen) atoms. The number of hydrogen-bond donors (Lipinski definition) is 3. The average molecular weight is 189 g/mol. The highest BCUT2D eigenvalue weighted by Gasteiger charge is 2.07. The molecule has 0 aromatic heterocycles. The van der Waals surface area contributed by atoms with Crippen LogP contribution in [0.2, 0.25) is 0 Å². The molecule has 3 nitrogen and oxygen atoms in total. The summed E-state index contributed by atoms with van der Waals surface area (Å²) in [5.41, 5.74) is 0. The van der Waals surface area contributed by atoms with Gasteiger partial charge in [-0.15, -0.1) is 0 Å². The van der Waals surface area contributed by atoms with Gasteiger partial charge in [0.25, 0.3) is 0 Å². The van der Waals surface area contributed by atoms with Crippen molar-refractivity contribution in [2.75, 3.05) is 13.2 Å². The lowest BCUT2D eigenvalue weighted by molar-refractivity contribution is 0.182. The predicted molar refractivity (Wildman–Crippen MR) is 54.7 cm³/mol. The molecule has 2 unspecified atom stereocenters. The standard InChI is InChI=1S/C10H23NO2/c1-3-5-10(6-4-7-12)11-8-9(2)13/h9-13H,3-8H2,1-2H3. The Morgan fingerprint density at radius 3 is 2.46 bits per heavy atom. The van der Waals surface area contributed by atoms with Crippen molar-refractivity contribution in [3.8, 4) is 0 Å². The molecule has 0 aliphatic heterocycles. The minimum Gasteiger partial charge on any atom is -0.396 e. The zero-order valence-corrected chi connectivity index (χ0v) is 8.79. The van der Waals surface area contributed by atoms with E-state index in [1.165, 1.54) is 0 Å². The van der Waals surface area contributed by atoms with Crippen LogP contribution in [0.1, 0.15) is 39.5 Å². The Labute approximate surface area is 81.2 Å². The second-order valence-corrected chi connectivity index (χ2v) is 3.61. The molecular weight excluding hydrogens is 166 g/mol. The van der Waals surface area contributed by atoms with Crippen LogP contribution >= 0.6 is 0 Å². The van der Waals surface area contributed by atoms with E-state index in [0.29, 0.717) is 12.6 Å². The Morgan fingerprint density at radius 2 is 2.00 bits per heavy atom. The SMILES string of the molecule is CCCC(CCCO)NCC(C)O. The number of hydrogen-bond acceptors (Lipinski definition) is 3. The highest BCUT2D eigenvalue weighted by Crippen LogP contribution is 2.04. The van der Waals surface area contributed by atoms with E-state index >= 15 is 0 Å². The van der Waals surface area contributed by atoms with E-state index in [2.05, 4.69) is 12.2 Å². The molecule has 2 atom stereocenters. The Balaban J connectivity index is 3.53. The van der Waals surface area contributed by atoms with Gasteiger partial charge in [0, 0.05) is 19.2 Å². The number of nitrogens with one attached hydrogen (secondary N) is 1. The minimum atomic E-state index is -0.284. The Morgan fingerprint density at radius 1 is 1.31 bits per heavy atom. The van der Waals surface area contributed by atoms with Crippen molar-refractivity contribution < 1.29 is 10.2 Å². The average Bonchev–Trinajstić information content (AvgIpc) is 2.09. The van der Waals surface area contributed by atoms with E-state index in [-0.39, 0.29) is 12.7 Å². The predicted octanol–water partition coefficient (Wildman–Crippen LogP) is 0.898. The third-order valence-electron chi connectivity index (χ3n) is 2.05.